The molecule has 0 heterocycles. The lowest BCUT2D eigenvalue weighted by atomic mass is 10.8. The third-order valence-corrected chi connectivity index (χ3v) is 6.31. The molecule has 4 heteroatoms. The highest BCUT2D eigenvalue weighted by molar-refractivity contribution is 6.54. The van der Waals surface area contributed by atoms with E-state index < -0.39 is 0 Å². The van der Waals surface area contributed by atoms with Crippen molar-refractivity contribution in [3.63, 3.8) is 0 Å². The van der Waals surface area contributed by atoms with Gasteiger partial charge in [-0.2, -0.15) is 0 Å². The van der Waals surface area contributed by atoms with Gasteiger partial charge in [0, 0.05) is 6.92 Å². The smallest absolute Gasteiger partial charge is 0.361 e. The zero-order valence-corrected chi connectivity index (χ0v) is 8.60. The van der Waals surface area contributed by atoms with E-state index in [-0.39, 0.29) is 36.8 Å². The molecular weight excluding hydrogens is 132 g/mol. The van der Waals surface area contributed by atoms with Gasteiger partial charge in [0.2, 0.25) is 0 Å². The molecule has 0 atom stereocenters. The Morgan fingerprint density at radius 2 is 1.75 bits per heavy atom. The van der Waals surface area contributed by atoms with Crippen molar-refractivity contribution in [2.45, 2.75) is 18.5 Å². The Hall–Kier alpha value is 0.535. The normalized spacial score (nSPS) is 7.88. The summed E-state index contributed by atoms with van der Waals surface area (Å²) >= 11 is -0.348. The molecule has 0 N–H and O–H groups in total. The Balaban J connectivity index is 3.52. The van der Waals surface area contributed by atoms with Crippen LogP contribution in [0.25, 0.3) is 0 Å². The van der Waals surface area contributed by atoms with E-state index in [0.29, 0.717) is 0 Å². The fourth-order valence-corrected chi connectivity index (χ4v) is 3.35. The van der Waals surface area contributed by atoms with E-state index in [9.17, 15) is 4.79 Å². The lowest BCUT2D eigenvalue weighted by molar-refractivity contribution is -0.121. The maximum Gasteiger partial charge on any atom is 0.361 e. The Morgan fingerprint density at radius 3 is 1.75 bits per heavy atom. The van der Waals surface area contributed by atoms with Crippen LogP contribution in [0, 0.1) is 0 Å². The molecule has 0 rings (SSSR count). The molecule has 0 unspecified atom stereocenters. The summed E-state index contributed by atoms with van der Waals surface area (Å²) in [5.74, 6) is 4.59. The van der Waals surface area contributed by atoms with Crippen LogP contribution in [0.1, 0.15) is 6.92 Å². The number of amides is 1. The lowest BCUT2D eigenvalue weighted by Crippen LogP contribution is -2.32. The average molecular weight is 143 g/mol. The third kappa shape index (κ3) is 2.75. The highest BCUT2D eigenvalue weighted by atomic mass is 27.2. The molecule has 1 amide bonds. The van der Waals surface area contributed by atoms with E-state index in [1.54, 1.807) is 6.92 Å². The summed E-state index contributed by atoms with van der Waals surface area (Å²) in [5.41, 5.74) is 0. The van der Waals surface area contributed by atoms with Gasteiger partial charge < -0.3 is 2.87 Å². The summed E-state index contributed by atoms with van der Waals surface area (Å²) < 4.78 is 2.06. The first-order chi connectivity index (χ1) is 3.72. The van der Waals surface area contributed by atoms with Gasteiger partial charge in [0.05, 0.1) is 0 Å². The minimum atomic E-state index is -0.174. The summed E-state index contributed by atoms with van der Waals surface area (Å²) in [5, 5.41) is 0. The first-order valence-corrected chi connectivity index (χ1v) is 7.07. The van der Waals surface area contributed by atoms with Gasteiger partial charge in [-0.15, -0.1) is 0 Å². The van der Waals surface area contributed by atoms with Crippen LogP contribution in [-0.2, 0) is 4.79 Å². The largest absolute Gasteiger partial charge is 0.535 e. The minimum Gasteiger partial charge on any atom is -0.535 e. The van der Waals surface area contributed by atoms with E-state index in [4.69, 9.17) is 0 Å². The van der Waals surface area contributed by atoms with Crippen LogP contribution >= 0.6 is 0 Å². The Bertz CT molecular complexity index is 82.1. The standard InChI is InChI=1S/C2H3NO.2CH3.2Al.2H/c1-2(3)4;;;;;;/h1H3;2*1H3;;;;. The van der Waals surface area contributed by atoms with Crippen molar-refractivity contribution in [3.05, 3.63) is 0 Å². The van der Waals surface area contributed by atoms with Gasteiger partial charge in [0.15, 0.2) is 5.91 Å². The van der Waals surface area contributed by atoms with Crippen molar-refractivity contribution in [3.8, 4) is 0 Å². The molecule has 0 aliphatic heterocycles. The van der Waals surface area contributed by atoms with E-state index in [2.05, 4.69) is 14.4 Å². The van der Waals surface area contributed by atoms with Crippen LogP contribution in [0.4, 0.5) is 0 Å². The number of carbonyl (C=O) groups is 1. The molecule has 0 aromatic carbocycles. The number of hydrogen-bond donors (Lipinski definition) is 0. The van der Waals surface area contributed by atoms with Gasteiger partial charge in [0.1, 0.15) is 0 Å². The number of nitrogens with zero attached hydrogens (tertiary/aromatic N) is 1. The highest BCUT2D eigenvalue weighted by Gasteiger charge is 2.03. The van der Waals surface area contributed by atoms with E-state index >= 15 is 0 Å². The Morgan fingerprint density at radius 1 is 1.38 bits per heavy atom. The highest BCUT2D eigenvalue weighted by Crippen LogP contribution is 1.80. The maximum atomic E-state index is 10.6. The first-order valence-electron chi connectivity index (χ1n) is 2.97. The van der Waals surface area contributed by atoms with Crippen LogP contribution < -0.4 is 0 Å². The van der Waals surface area contributed by atoms with Crippen LogP contribution in [0.2, 0.25) is 11.6 Å². The van der Waals surface area contributed by atoms with Crippen molar-refractivity contribution < 1.29 is 4.79 Å². The molecular formula is C4H11Al2NO. The van der Waals surface area contributed by atoms with E-state index in [1.807, 2.05) is 0 Å². The molecule has 0 fully saturated rings. The molecule has 8 heavy (non-hydrogen) atoms. The summed E-state index contributed by atoms with van der Waals surface area (Å²) in [6.45, 7) is 1.66. The van der Waals surface area contributed by atoms with Gasteiger partial charge in [-0.3, -0.25) is 4.79 Å². The Labute approximate surface area is 63.1 Å². The van der Waals surface area contributed by atoms with Gasteiger partial charge in [0.25, 0.3) is 0 Å². The molecule has 0 saturated heterocycles. The zero-order chi connectivity index (χ0) is 6.57. The van der Waals surface area contributed by atoms with Crippen molar-refractivity contribution >= 4 is 36.8 Å². The van der Waals surface area contributed by atoms with Gasteiger partial charge in [-0.05, 0) is 0 Å². The van der Waals surface area contributed by atoms with Crippen LogP contribution in [0.3, 0.4) is 0 Å². The lowest BCUT2D eigenvalue weighted by Gasteiger charge is -2.15. The summed E-state index contributed by atoms with van der Waals surface area (Å²) in [7, 11) is 0. The number of hydrogen-bond acceptors (Lipinski definition) is 1. The molecule has 44 valence electrons. The van der Waals surface area contributed by atoms with E-state index in [1.165, 1.54) is 0 Å². The Kier molecular flexibility index (Phi) is 4.71. The molecule has 0 aromatic rings. The predicted molar refractivity (Wildman–Crippen MR) is 38.5 cm³/mol. The monoisotopic (exact) mass is 143 g/mol. The second kappa shape index (κ2) is 4.42. The molecule has 0 aliphatic carbocycles. The van der Waals surface area contributed by atoms with Crippen molar-refractivity contribution in [2.24, 2.45) is 0 Å². The second-order valence-corrected chi connectivity index (χ2v) is 5.38. The molecule has 0 aromatic heterocycles. The topological polar surface area (TPSA) is 20.3 Å². The average Bonchev–Trinajstić information content (AvgIpc) is 1.69. The second-order valence-electron chi connectivity index (χ2n) is 1.69. The van der Waals surface area contributed by atoms with Gasteiger partial charge in [-0.25, -0.2) is 0 Å². The van der Waals surface area contributed by atoms with Crippen LogP contribution in [-0.4, -0.2) is 39.7 Å². The third-order valence-electron chi connectivity index (χ3n) is 1.21. The quantitative estimate of drug-likeness (QED) is 0.483. The first kappa shape index (κ1) is 8.53. The molecule has 0 aliphatic rings. The van der Waals surface area contributed by atoms with Crippen molar-refractivity contribution in [1.82, 2.24) is 2.87 Å². The van der Waals surface area contributed by atoms with Crippen molar-refractivity contribution in [2.75, 3.05) is 0 Å². The minimum absolute atomic E-state index is 0.174. The summed E-state index contributed by atoms with van der Waals surface area (Å²) in [6.07, 6.45) is 0. The molecule has 0 spiro atoms. The van der Waals surface area contributed by atoms with Crippen LogP contribution in [0.5, 0.6) is 0 Å². The SMILES string of the molecule is [CH3][AlH][N]([AlH][CH3])C(C)=O. The summed E-state index contributed by atoms with van der Waals surface area (Å²) in [4.78, 5) is 10.6. The molecule has 0 bridgehead atoms. The van der Waals surface area contributed by atoms with E-state index in [0.717, 1.165) is 0 Å². The number of carbonyl (C=O) groups excluding carboxylic acids is 1. The van der Waals surface area contributed by atoms with Gasteiger partial charge >= 0.3 is 30.9 Å². The fraction of sp³-hybridized carbons (Fsp3) is 0.750. The van der Waals surface area contributed by atoms with Crippen LogP contribution in [0.15, 0.2) is 0 Å². The van der Waals surface area contributed by atoms with Gasteiger partial charge in [-0.1, -0.05) is 11.6 Å². The molecule has 0 saturated carbocycles. The number of rotatable bonds is 2. The van der Waals surface area contributed by atoms with Crippen molar-refractivity contribution in [1.29, 1.82) is 0 Å². The maximum absolute atomic E-state index is 10.6. The predicted octanol–water partition coefficient (Wildman–Crippen LogP) is -0.366. The summed E-state index contributed by atoms with van der Waals surface area (Å²) in [6, 6.07) is 0. The fourth-order valence-electron chi connectivity index (χ4n) is 0.669. The molecule has 2 nitrogen and oxygen atoms in total. The molecule has 0 radical (unpaired) electrons. The zero-order valence-electron chi connectivity index (χ0n) is 5.77.